The van der Waals surface area contributed by atoms with Crippen LogP contribution in [0.2, 0.25) is 0 Å². The Morgan fingerprint density at radius 3 is 2.42 bits per heavy atom. The fraction of sp³-hybridized carbons (Fsp3) is 0.333. The van der Waals surface area contributed by atoms with Gasteiger partial charge in [0, 0.05) is 0 Å². The lowest BCUT2D eigenvalue weighted by molar-refractivity contribution is 0.000266. The Morgan fingerprint density at radius 2 is 1.83 bits per heavy atom. The highest BCUT2D eigenvalue weighted by molar-refractivity contribution is 5.25. The molecule has 0 saturated heterocycles. The van der Waals surface area contributed by atoms with E-state index in [-0.39, 0.29) is 12.5 Å². The molecular weight excluding hydrogens is 156 g/mol. The highest BCUT2D eigenvalue weighted by atomic mass is 16.6. The number of aliphatic hydroxyl groups excluding tert-OH is 1. The van der Waals surface area contributed by atoms with E-state index >= 15 is 0 Å². The van der Waals surface area contributed by atoms with Gasteiger partial charge in [-0.3, -0.25) is 0 Å². The Hall–Kier alpha value is -1.06. The van der Waals surface area contributed by atoms with E-state index in [1.165, 1.54) is 0 Å². The predicted octanol–water partition coefficient (Wildman–Crippen LogP) is 0.901. The Bertz CT molecular complexity index is 218. The number of phenolic OH excluding ortho intramolecular Hbond substituents is 1. The third-order valence-electron chi connectivity index (χ3n) is 1.56. The van der Waals surface area contributed by atoms with Gasteiger partial charge in [0.25, 0.3) is 0 Å². The summed E-state index contributed by atoms with van der Waals surface area (Å²) >= 11 is 0. The van der Waals surface area contributed by atoms with Crippen LogP contribution in [0.25, 0.3) is 0 Å². The van der Waals surface area contributed by atoms with E-state index in [1.54, 1.807) is 12.1 Å². The molecule has 1 aromatic carbocycles. The summed E-state index contributed by atoms with van der Waals surface area (Å²) in [6.45, 7) is 0.263. The minimum absolute atomic E-state index is 0.238. The number of aromatic hydroxyl groups is 1. The fourth-order valence-corrected chi connectivity index (χ4v) is 0.917. The van der Waals surface area contributed by atoms with E-state index in [2.05, 4.69) is 0 Å². The molecule has 66 valence electrons. The summed E-state index contributed by atoms with van der Waals surface area (Å²) in [7, 11) is 0. The van der Waals surface area contributed by atoms with E-state index in [4.69, 9.17) is 14.9 Å². The Balaban J connectivity index is 2.37. The molecular formula is C9H12O3. The Labute approximate surface area is 71.2 Å². The maximum absolute atomic E-state index is 8.96. The molecule has 0 aliphatic heterocycles. The van der Waals surface area contributed by atoms with Crippen LogP contribution >= 0.6 is 0 Å². The second kappa shape index (κ2) is 4.74. The summed E-state index contributed by atoms with van der Waals surface area (Å²) in [5, 5.41) is 17.3. The van der Waals surface area contributed by atoms with Gasteiger partial charge < -0.3 is 14.9 Å². The maximum Gasteiger partial charge on any atom is 0.143 e. The molecule has 0 aliphatic carbocycles. The van der Waals surface area contributed by atoms with Gasteiger partial charge in [-0.05, 0) is 24.1 Å². The largest absolute Gasteiger partial charge is 0.508 e. The third-order valence-corrected chi connectivity index (χ3v) is 1.56. The van der Waals surface area contributed by atoms with Crippen molar-refractivity contribution in [2.75, 3.05) is 13.4 Å². The van der Waals surface area contributed by atoms with E-state index in [0.717, 1.165) is 12.0 Å². The quantitative estimate of drug-likeness (QED) is 0.518. The van der Waals surface area contributed by atoms with Gasteiger partial charge in [0.15, 0.2) is 0 Å². The lowest BCUT2D eigenvalue weighted by Gasteiger charge is -2.00. The van der Waals surface area contributed by atoms with Crippen molar-refractivity contribution in [2.24, 2.45) is 0 Å². The van der Waals surface area contributed by atoms with Gasteiger partial charge >= 0.3 is 0 Å². The minimum atomic E-state index is -0.238. The van der Waals surface area contributed by atoms with Crippen LogP contribution in [0, 0.1) is 0 Å². The van der Waals surface area contributed by atoms with E-state index in [1.807, 2.05) is 12.1 Å². The Morgan fingerprint density at radius 1 is 1.17 bits per heavy atom. The lowest BCUT2D eigenvalue weighted by Crippen LogP contribution is -1.98. The van der Waals surface area contributed by atoms with Crippen molar-refractivity contribution >= 4 is 0 Å². The highest BCUT2D eigenvalue weighted by Crippen LogP contribution is 2.09. The van der Waals surface area contributed by atoms with Crippen molar-refractivity contribution in [3.05, 3.63) is 29.8 Å². The van der Waals surface area contributed by atoms with E-state index < -0.39 is 0 Å². The SMILES string of the molecule is OCOCCc1ccc(O)cc1. The van der Waals surface area contributed by atoms with Gasteiger partial charge in [0.05, 0.1) is 6.61 Å². The summed E-state index contributed by atoms with van der Waals surface area (Å²) in [6, 6.07) is 6.93. The summed E-state index contributed by atoms with van der Waals surface area (Å²) in [5.74, 6) is 0.266. The highest BCUT2D eigenvalue weighted by Gasteiger charge is 1.92. The zero-order valence-electron chi connectivity index (χ0n) is 6.73. The first kappa shape index (κ1) is 9.03. The molecule has 0 amide bonds. The monoisotopic (exact) mass is 168 g/mol. The van der Waals surface area contributed by atoms with Gasteiger partial charge in [0.1, 0.15) is 12.5 Å². The number of phenols is 1. The van der Waals surface area contributed by atoms with Crippen molar-refractivity contribution < 1.29 is 14.9 Å². The standard InChI is InChI=1S/C9H12O3/c10-7-12-6-5-8-1-3-9(11)4-2-8/h1-4,10-11H,5-7H2. The van der Waals surface area contributed by atoms with Crippen molar-refractivity contribution in [3.63, 3.8) is 0 Å². The number of aliphatic hydroxyl groups is 1. The van der Waals surface area contributed by atoms with Crippen molar-refractivity contribution in [1.82, 2.24) is 0 Å². The molecule has 0 unspecified atom stereocenters. The van der Waals surface area contributed by atoms with Gasteiger partial charge in [-0.15, -0.1) is 0 Å². The molecule has 0 saturated carbocycles. The van der Waals surface area contributed by atoms with Gasteiger partial charge in [-0.25, -0.2) is 0 Å². The topological polar surface area (TPSA) is 49.7 Å². The third kappa shape index (κ3) is 2.90. The lowest BCUT2D eigenvalue weighted by atomic mass is 10.1. The second-order valence-corrected chi connectivity index (χ2v) is 2.45. The van der Waals surface area contributed by atoms with Crippen LogP contribution in [0.1, 0.15) is 5.56 Å². The second-order valence-electron chi connectivity index (χ2n) is 2.45. The normalized spacial score (nSPS) is 10.1. The van der Waals surface area contributed by atoms with Gasteiger partial charge in [0.2, 0.25) is 0 Å². The van der Waals surface area contributed by atoms with Gasteiger partial charge in [-0.2, -0.15) is 0 Å². The molecule has 0 aliphatic rings. The minimum Gasteiger partial charge on any atom is -0.508 e. The first-order valence-corrected chi connectivity index (χ1v) is 3.79. The average molecular weight is 168 g/mol. The Kier molecular flexibility index (Phi) is 3.57. The number of ether oxygens (including phenoxy) is 1. The molecule has 0 atom stereocenters. The molecule has 0 aromatic heterocycles. The summed E-state index contributed by atoms with van der Waals surface area (Å²) in [6.07, 6.45) is 0.751. The number of rotatable bonds is 4. The molecule has 3 nitrogen and oxygen atoms in total. The molecule has 0 radical (unpaired) electrons. The summed E-state index contributed by atoms with van der Waals surface area (Å²) < 4.78 is 4.76. The predicted molar refractivity (Wildman–Crippen MR) is 44.8 cm³/mol. The molecule has 3 heteroatoms. The van der Waals surface area contributed by atoms with Crippen LogP contribution in [0.4, 0.5) is 0 Å². The van der Waals surface area contributed by atoms with Crippen LogP contribution in [-0.4, -0.2) is 23.6 Å². The van der Waals surface area contributed by atoms with Crippen molar-refractivity contribution in [1.29, 1.82) is 0 Å². The zero-order chi connectivity index (χ0) is 8.81. The van der Waals surface area contributed by atoms with Gasteiger partial charge in [-0.1, -0.05) is 12.1 Å². The van der Waals surface area contributed by atoms with Crippen molar-refractivity contribution in [2.45, 2.75) is 6.42 Å². The maximum atomic E-state index is 8.96. The number of benzene rings is 1. The van der Waals surface area contributed by atoms with Crippen LogP contribution in [0.15, 0.2) is 24.3 Å². The number of hydrogen-bond donors (Lipinski definition) is 2. The first-order chi connectivity index (χ1) is 5.83. The smallest absolute Gasteiger partial charge is 0.143 e. The number of hydrogen-bond acceptors (Lipinski definition) is 3. The molecule has 0 heterocycles. The van der Waals surface area contributed by atoms with E-state index in [0.29, 0.717) is 6.61 Å². The average Bonchev–Trinajstić information content (AvgIpc) is 2.09. The zero-order valence-corrected chi connectivity index (χ0v) is 6.73. The van der Waals surface area contributed by atoms with Crippen LogP contribution in [-0.2, 0) is 11.2 Å². The molecule has 0 bridgehead atoms. The molecule has 1 rings (SSSR count). The van der Waals surface area contributed by atoms with Crippen molar-refractivity contribution in [3.8, 4) is 5.75 Å². The summed E-state index contributed by atoms with van der Waals surface area (Å²) in [5.41, 5.74) is 1.08. The molecule has 2 N–H and O–H groups in total. The summed E-state index contributed by atoms with van der Waals surface area (Å²) in [4.78, 5) is 0. The van der Waals surface area contributed by atoms with E-state index in [9.17, 15) is 0 Å². The first-order valence-electron chi connectivity index (χ1n) is 3.79. The molecule has 0 spiro atoms. The molecule has 1 aromatic rings. The van der Waals surface area contributed by atoms with Crippen LogP contribution in [0.3, 0.4) is 0 Å². The molecule has 12 heavy (non-hydrogen) atoms. The van der Waals surface area contributed by atoms with Crippen LogP contribution in [0.5, 0.6) is 5.75 Å². The fourth-order valence-electron chi connectivity index (χ4n) is 0.917. The molecule has 0 fully saturated rings. The van der Waals surface area contributed by atoms with Crippen LogP contribution < -0.4 is 0 Å².